The van der Waals surface area contributed by atoms with E-state index >= 15 is 0 Å². The van der Waals surface area contributed by atoms with Gasteiger partial charge in [-0.05, 0) is 23.8 Å². The second-order valence-corrected chi connectivity index (χ2v) is 6.09. The van der Waals surface area contributed by atoms with Crippen molar-refractivity contribution in [1.29, 1.82) is 0 Å². The van der Waals surface area contributed by atoms with E-state index < -0.39 is 0 Å². The number of hydrogen-bond acceptors (Lipinski definition) is 3. The number of nitrogens with zero attached hydrogens (tertiary/aromatic N) is 1. The van der Waals surface area contributed by atoms with Crippen molar-refractivity contribution in [3.05, 3.63) is 65.7 Å². The summed E-state index contributed by atoms with van der Waals surface area (Å²) in [5.41, 5.74) is 1.52. The van der Waals surface area contributed by atoms with Gasteiger partial charge in [0.1, 0.15) is 5.75 Å². The van der Waals surface area contributed by atoms with E-state index in [0.29, 0.717) is 31.6 Å². The van der Waals surface area contributed by atoms with E-state index in [1.54, 1.807) is 12.1 Å². The number of carbonyl (C=O) groups is 2. The summed E-state index contributed by atoms with van der Waals surface area (Å²) in [6.07, 6.45) is 0.452. The van der Waals surface area contributed by atoms with Crippen LogP contribution >= 0.6 is 0 Å². The van der Waals surface area contributed by atoms with Crippen LogP contribution < -0.4 is 5.32 Å². The first-order valence-electron chi connectivity index (χ1n) is 8.01. The largest absolute Gasteiger partial charge is 0.508 e. The maximum Gasteiger partial charge on any atom is 0.251 e. The zero-order valence-corrected chi connectivity index (χ0v) is 13.3. The topological polar surface area (TPSA) is 69.6 Å². The minimum atomic E-state index is -0.236. The second-order valence-electron chi connectivity index (χ2n) is 6.09. The van der Waals surface area contributed by atoms with Crippen molar-refractivity contribution < 1.29 is 14.7 Å². The van der Waals surface area contributed by atoms with Crippen LogP contribution in [0.3, 0.4) is 0 Å². The van der Waals surface area contributed by atoms with E-state index in [-0.39, 0.29) is 23.5 Å². The third kappa shape index (κ3) is 3.93. The standard InChI is InChI=1S/C19H20N2O3/c22-17-8-4-7-16(10-17)19(24)20-11-15-9-18(23)21(13-15)12-14-5-2-1-3-6-14/h1-8,10,15,22H,9,11-13H2,(H,20,24)/t15-/m0/s1. The first-order valence-corrected chi connectivity index (χ1v) is 8.01. The highest BCUT2D eigenvalue weighted by Crippen LogP contribution is 2.20. The minimum absolute atomic E-state index is 0.0627. The molecule has 1 heterocycles. The number of rotatable bonds is 5. The summed E-state index contributed by atoms with van der Waals surface area (Å²) in [6, 6.07) is 16.1. The van der Waals surface area contributed by atoms with Crippen molar-refractivity contribution in [1.82, 2.24) is 10.2 Å². The van der Waals surface area contributed by atoms with Crippen LogP contribution in [0.5, 0.6) is 5.75 Å². The Morgan fingerprint density at radius 1 is 1.17 bits per heavy atom. The lowest BCUT2D eigenvalue weighted by atomic mass is 10.1. The van der Waals surface area contributed by atoms with Crippen molar-refractivity contribution in [2.45, 2.75) is 13.0 Å². The van der Waals surface area contributed by atoms with Gasteiger partial charge in [0.15, 0.2) is 0 Å². The Kier molecular flexibility index (Phi) is 4.79. The monoisotopic (exact) mass is 324 g/mol. The fourth-order valence-corrected chi connectivity index (χ4v) is 2.93. The van der Waals surface area contributed by atoms with Gasteiger partial charge in [0.05, 0.1) is 0 Å². The van der Waals surface area contributed by atoms with Crippen LogP contribution in [-0.2, 0) is 11.3 Å². The lowest BCUT2D eigenvalue weighted by molar-refractivity contribution is -0.128. The van der Waals surface area contributed by atoms with Gasteiger partial charge in [0, 0.05) is 37.5 Å². The zero-order valence-electron chi connectivity index (χ0n) is 13.3. The molecule has 0 aliphatic carbocycles. The third-order valence-corrected chi connectivity index (χ3v) is 4.17. The first-order chi connectivity index (χ1) is 11.6. The van der Waals surface area contributed by atoms with Crippen molar-refractivity contribution in [2.24, 2.45) is 5.92 Å². The summed E-state index contributed by atoms with van der Waals surface area (Å²) in [4.78, 5) is 26.0. The quantitative estimate of drug-likeness (QED) is 0.885. The van der Waals surface area contributed by atoms with Crippen LogP contribution in [-0.4, -0.2) is 34.9 Å². The molecule has 1 saturated heterocycles. The molecule has 2 amide bonds. The SMILES string of the molecule is O=C(NC[C@@H]1CC(=O)N(Cc2ccccc2)C1)c1cccc(O)c1. The highest BCUT2D eigenvalue weighted by molar-refractivity contribution is 5.94. The van der Waals surface area contributed by atoms with E-state index in [2.05, 4.69) is 5.32 Å². The molecule has 3 rings (SSSR count). The molecule has 2 aromatic carbocycles. The summed E-state index contributed by atoms with van der Waals surface area (Å²) < 4.78 is 0. The molecule has 0 spiro atoms. The lowest BCUT2D eigenvalue weighted by Gasteiger charge is -2.17. The number of benzene rings is 2. The Morgan fingerprint density at radius 2 is 1.96 bits per heavy atom. The summed E-state index contributed by atoms with van der Waals surface area (Å²) >= 11 is 0. The number of hydrogen-bond donors (Lipinski definition) is 2. The molecular weight excluding hydrogens is 304 g/mol. The van der Waals surface area contributed by atoms with Gasteiger partial charge in [-0.25, -0.2) is 0 Å². The Balaban J connectivity index is 1.52. The van der Waals surface area contributed by atoms with Gasteiger partial charge in [0.25, 0.3) is 5.91 Å². The molecule has 1 atom stereocenters. The van der Waals surface area contributed by atoms with Crippen molar-refractivity contribution >= 4 is 11.8 Å². The molecule has 5 nitrogen and oxygen atoms in total. The summed E-state index contributed by atoms with van der Waals surface area (Å²) in [7, 11) is 0. The minimum Gasteiger partial charge on any atom is -0.508 e. The van der Waals surface area contributed by atoms with Crippen LogP contribution in [0.15, 0.2) is 54.6 Å². The van der Waals surface area contributed by atoms with E-state index in [0.717, 1.165) is 5.56 Å². The van der Waals surface area contributed by atoms with Gasteiger partial charge < -0.3 is 15.3 Å². The molecule has 1 aliphatic heterocycles. The number of phenols is 1. The van der Waals surface area contributed by atoms with Crippen LogP contribution in [0, 0.1) is 5.92 Å². The second kappa shape index (κ2) is 7.17. The predicted molar refractivity (Wildman–Crippen MR) is 90.4 cm³/mol. The van der Waals surface area contributed by atoms with Gasteiger partial charge in [-0.1, -0.05) is 36.4 Å². The number of likely N-dealkylation sites (tertiary alicyclic amines) is 1. The zero-order chi connectivity index (χ0) is 16.9. The average Bonchev–Trinajstić information content (AvgIpc) is 2.93. The van der Waals surface area contributed by atoms with Gasteiger partial charge in [-0.15, -0.1) is 0 Å². The molecule has 0 aromatic heterocycles. The van der Waals surface area contributed by atoms with E-state index in [1.165, 1.54) is 12.1 Å². The summed E-state index contributed by atoms with van der Waals surface area (Å²) in [5.74, 6) is 0.0607. The Hall–Kier alpha value is -2.82. The molecule has 124 valence electrons. The smallest absolute Gasteiger partial charge is 0.251 e. The van der Waals surface area contributed by atoms with Gasteiger partial charge in [-0.3, -0.25) is 9.59 Å². The Labute approximate surface area is 140 Å². The van der Waals surface area contributed by atoms with Crippen LogP contribution in [0.1, 0.15) is 22.3 Å². The van der Waals surface area contributed by atoms with E-state index in [4.69, 9.17) is 0 Å². The van der Waals surface area contributed by atoms with Crippen molar-refractivity contribution in [3.63, 3.8) is 0 Å². The maximum absolute atomic E-state index is 12.1. The van der Waals surface area contributed by atoms with Gasteiger partial charge in [0.2, 0.25) is 5.91 Å². The van der Waals surface area contributed by atoms with Crippen LogP contribution in [0.2, 0.25) is 0 Å². The van der Waals surface area contributed by atoms with E-state index in [1.807, 2.05) is 35.2 Å². The van der Waals surface area contributed by atoms with Gasteiger partial charge in [-0.2, -0.15) is 0 Å². The van der Waals surface area contributed by atoms with Crippen molar-refractivity contribution in [3.8, 4) is 5.75 Å². The summed E-state index contributed by atoms with van der Waals surface area (Å²) in [5, 5.41) is 12.3. The fourth-order valence-electron chi connectivity index (χ4n) is 2.93. The number of carbonyl (C=O) groups excluding carboxylic acids is 2. The molecule has 0 unspecified atom stereocenters. The number of nitrogens with one attached hydrogen (secondary N) is 1. The normalized spacial score (nSPS) is 17.1. The lowest BCUT2D eigenvalue weighted by Crippen LogP contribution is -2.31. The number of phenolic OH excluding ortho intramolecular Hbond substituents is 1. The van der Waals surface area contributed by atoms with Crippen LogP contribution in [0.25, 0.3) is 0 Å². The fraction of sp³-hybridized carbons (Fsp3) is 0.263. The first kappa shape index (κ1) is 16.1. The highest BCUT2D eigenvalue weighted by Gasteiger charge is 2.29. The van der Waals surface area contributed by atoms with Gasteiger partial charge >= 0.3 is 0 Å². The third-order valence-electron chi connectivity index (χ3n) is 4.17. The number of amides is 2. The van der Waals surface area contributed by atoms with E-state index in [9.17, 15) is 14.7 Å². The molecule has 5 heteroatoms. The molecule has 2 N–H and O–H groups in total. The highest BCUT2D eigenvalue weighted by atomic mass is 16.3. The maximum atomic E-state index is 12.1. The van der Waals surface area contributed by atoms with Crippen LogP contribution in [0.4, 0.5) is 0 Å². The molecule has 1 fully saturated rings. The molecule has 0 bridgehead atoms. The Morgan fingerprint density at radius 3 is 2.71 bits per heavy atom. The molecular formula is C19H20N2O3. The molecule has 0 saturated carbocycles. The Bertz CT molecular complexity index is 730. The molecule has 0 radical (unpaired) electrons. The van der Waals surface area contributed by atoms with Crippen molar-refractivity contribution in [2.75, 3.05) is 13.1 Å². The summed E-state index contributed by atoms with van der Waals surface area (Å²) in [6.45, 7) is 1.70. The predicted octanol–water partition coefficient (Wildman–Crippen LogP) is 2.17. The molecule has 1 aliphatic rings. The molecule has 24 heavy (non-hydrogen) atoms. The molecule has 2 aromatic rings. The number of aromatic hydroxyl groups is 1. The average molecular weight is 324 g/mol.